The molecule has 0 aromatic heterocycles. The Bertz CT molecular complexity index is 230. The third-order valence-electron chi connectivity index (χ3n) is 2.97. The molecule has 4 nitrogen and oxygen atoms in total. The molecule has 3 atom stereocenters. The maximum Gasteiger partial charge on any atom is 0.150 e. The lowest BCUT2D eigenvalue weighted by atomic mass is 10.1. The Morgan fingerprint density at radius 2 is 1.89 bits per heavy atom. The second-order valence-corrected chi connectivity index (χ2v) is 4.61. The first-order valence-electron chi connectivity index (χ1n) is 6.99. The number of aliphatic hydroxyl groups is 1. The Morgan fingerprint density at radius 3 is 2.61 bits per heavy atom. The van der Waals surface area contributed by atoms with Gasteiger partial charge in [-0.15, -0.1) is 0 Å². The van der Waals surface area contributed by atoms with E-state index in [1.807, 2.05) is 0 Å². The minimum Gasteiger partial charge on any atom is -0.493 e. The zero-order valence-electron chi connectivity index (χ0n) is 11.5. The van der Waals surface area contributed by atoms with Crippen molar-refractivity contribution in [2.24, 2.45) is 0 Å². The third-order valence-corrected chi connectivity index (χ3v) is 2.97. The molecule has 106 valence electrons. The number of unbranched alkanes of at least 4 members (excludes halogenated alkanes) is 2. The Balaban J connectivity index is 2.26. The third kappa shape index (κ3) is 5.38. The first-order valence-corrected chi connectivity index (χ1v) is 6.99. The summed E-state index contributed by atoms with van der Waals surface area (Å²) >= 11 is 0. The number of aliphatic hydroxyl groups excluding tert-OH is 1. The van der Waals surface area contributed by atoms with Gasteiger partial charge < -0.3 is 19.3 Å². The molecule has 1 heterocycles. The molecule has 0 saturated carbocycles. The second-order valence-electron chi connectivity index (χ2n) is 4.61. The monoisotopic (exact) mass is 258 g/mol. The van der Waals surface area contributed by atoms with E-state index in [1.54, 1.807) is 12.3 Å². The van der Waals surface area contributed by atoms with E-state index in [0.717, 1.165) is 25.7 Å². The highest BCUT2D eigenvalue weighted by Crippen LogP contribution is 2.16. The number of ether oxygens (including phenoxy) is 3. The highest BCUT2D eigenvalue weighted by atomic mass is 16.6. The van der Waals surface area contributed by atoms with Gasteiger partial charge in [0.25, 0.3) is 0 Å². The first-order chi connectivity index (χ1) is 8.79. The average Bonchev–Trinajstić information content (AvgIpc) is 2.38. The van der Waals surface area contributed by atoms with Crippen LogP contribution in [-0.2, 0) is 14.2 Å². The Kier molecular flexibility index (Phi) is 8.05. The van der Waals surface area contributed by atoms with Gasteiger partial charge in [-0.25, -0.2) is 0 Å². The molecule has 1 N–H and O–H groups in total. The van der Waals surface area contributed by atoms with E-state index in [4.69, 9.17) is 14.2 Å². The van der Waals surface area contributed by atoms with Crippen LogP contribution in [0.1, 0.15) is 39.5 Å². The van der Waals surface area contributed by atoms with Gasteiger partial charge in [0.15, 0.2) is 0 Å². The number of rotatable bonds is 9. The highest BCUT2D eigenvalue weighted by Gasteiger charge is 2.31. The predicted octanol–water partition coefficient (Wildman–Crippen LogP) is 2.26. The molecule has 0 aliphatic carbocycles. The number of hydrogen-bond donors (Lipinski definition) is 1. The largest absolute Gasteiger partial charge is 0.493 e. The van der Waals surface area contributed by atoms with E-state index in [-0.39, 0.29) is 12.2 Å². The zero-order valence-corrected chi connectivity index (χ0v) is 11.5. The topological polar surface area (TPSA) is 47.9 Å². The molecular formula is C14H26O4. The van der Waals surface area contributed by atoms with Crippen LogP contribution < -0.4 is 0 Å². The van der Waals surface area contributed by atoms with Gasteiger partial charge in [-0.1, -0.05) is 26.7 Å². The summed E-state index contributed by atoms with van der Waals surface area (Å²) in [7, 11) is 0. The summed E-state index contributed by atoms with van der Waals surface area (Å²) in [5.41, 5.74) is 0. The van der Waals surface area contributed by atoms with Gasteiger partial charge in [0.2, 0.25) is 0 Å². The van der Waals surface area contributed by atoms with Crippen LogP contribution in [0.4, 0.5) is 0 Å². The molecule has 0 bridgehead atoms. The highest BCUT2D eigenvalue weighted by molar-refractivity contribution is 4.98. The van der Waals surface area contributed by atoms with Crippen molar-refractivity contribution >= 4 is 0 Å². The molecule has 1 aliphatic rings. The smallest absolute Gasteiger partial charge is 0.150 e. The second kappa shape index (κ2) is 9.36. The zero-order chi connectivity index (χ0) is 13.2. The Hall–Kier alpha value is -0.580. The fourth-order valence-corrected chi connectivity index (χ4v) is 1.73. The van der Waals surface area contributed by atoms with Gasteiger partial charge in [-0.3, -0.25) is 0 Å². The molecule has 3 unspecified atom stereocenters. The maximum absolute atomic E-state index is 10.1. The van der Waals surface area contributed by atoms with Crippen molar-refractivity contribution in [1.82, 2.24) is 0 Å². The molecule has 0 amide bonds. The van der Waals surface area contributed by atoms with Crippen LogP contribution in [0, 0.1) is 0 Å². The summed E-state index contributed by atoms with van der Waals surface area (Å²) in [6.07, 6.45) is 6.38. The van der Waals surface area contributed by atoms with Crippen LogP contribution in [0.2, 0.25) is 0 Å². The van der Waals surface area contributed by atoms with E-state index < -0.39 is 6.10 Å². The van der Waals surface area contributed by atoms with E-state index in [0.29, 0.717) is 19.8 Å². The SMILES string of the molecule is CCCCOCC1OC=CC(OCCCC)C1O. The quantitative estimate of drug-likeness (QED) is 0.644. The van der Waals surface area contributed by atoms with Gasteiger partial charge in [0.1, 0.15) is 18.3 Å². The fraction of sp³-hybridized carbons (Fsp3) is 0.857. The van der Waals surface area contributed by atoms with Crippen molar-refractivity contribution in [3.63, 3.8) is 0 Å². The van der Waals surface area contributed by atoms with Crippen LogP contribution in [0.25, 0.3) is 0 Å². The van der Waals surface area contributed by atoms with Gasteiger partial charge in [-0.2, -0.15) is 0 Å². The predicted molar refractivity (Wildman–Crippen MR) is 70.4 cm³/mol. The summed E-state index contributed by atoms with van der Waals surface area (Å²) in [5, 5.41) is 10.1. The van der Waals surface area contributed by atoms with Crippen molar-refractivity contribution in [2.75, 3.05) is 19.8 Å². The molecule has 0 radical (unpaired) electrons. The van der Waals surface area contributed by atoms with E-state index >= 15 is 0 Å². The van der Waals surface area contributed by atoms with E-state index in [2.05, 4.69) is 13.8 Å². The normalized spacial score (nSPS) is 27.2. The van der Waals surface area contributed by atoms with Crippen LogP contribution in [-0.4, -0.2) is 43.2 Å². The summed E-state index contributed by atoms with van der Waals surface area (Å²) in [5.74, 6) is 0. The summed E-state index contributed by atoms with van der Waals surface area (Å²) in [6, 6.07) is 0. The molecule has 1 aliphatic heterocycles. The number of hydrogen-bond acceptors (Lipinski definition) is 4. The summed E-state index contributed by atoms with van der Waals surface area (Å²) in [6.45, 7) is 6.04. The van der Waals surface area contributed by atoms with Gasteiger partial charge in [-0.05, 0) is 18.9 Å². The average molecular weight is 258 g/mol. The van der Waals surface area contributed by atoms with Gasteiger partial charge in [0.05, 0.1) is 12.9 Å². The van der Waals surface area contributed by atoms with Gasteiger partial charge >= 0.3 is 0 Å². The summed E-state index contributed by atoms with van der Waals surface area (Å²) in [4.78, 5) is 0. The molecule has 0 aromatic carbocycles. The lowest BCUT2D eigenvalue weighted by Gasteiger charge is -2.31. The van der Waals surface area contributed by atoms with Crippen LogP contribution >= 0.6 is 0 Å². The molecule has 0 saturated heterocycles. The molecular weight excluding hydrogens is 232 g/mol. The molecule has 18 heavy (non-hydrogen) atoms. The van der Waals surface area contributed by atoms with Crippen LogP contribution in [0.3, 0.4) is 0 Å². The lowest BCUT2D eigenvalue weighted by molar-refractivity contribution is -0.111. The minimum atomic E-state index is -0.645. The van der Waals surface area contributed by atoms with Crippen molar-refractivity contribution < 1.29 is 19.3 Å². The summed E-state index contributed by atoms with van der Waals surface area (Å²) < 4.78 is 16.5. The molecule has 0 fully saturated rings. The van der Waals surface area contributed by atoms with Crippen molar-refractivity contribution in [2.45, 2.75) is 57.8 Å². The van der Waals surface area contributed by atoms with Crippen LogP contribution in [0.5, 0.6) is 0 Å². The molecule has 1 rings (SSSR count). The van der Waals surface area contributed by atoms with E-state index in [9.17, 15) is 5.11 Å². The Labute approximate surface area is 110 Å². The molecule has 0 aromatic rings. The minimum absolute atomic E-state index is 0.273. The van der Waals surface area contributed by atoms with Crippen LogP contribution in [0.15, 0.2) is 12.3 Å². The fourth-order valence-electron chi connectivity index (χ4n) is 1.73. The van der Waals surface area contributed by atoms with Gasteiger partial charge in [0, 0.05) is 13.2 Å². The molecule has 0 spiro atoms. The molecule has 4 heteroatoms. The van der Waals surface area contributed by atoms with Crippen molar-refractivity contribution in [1.29, 1.82) is 0 Å². The lowest BCUT2D eigenvalue weighted by Crippen LogP contribution is -2.44. The van der Waals surface area contributed by atoms with Crippen molar-refractivity contribution in [3.8, 4) is 0 Å². The standard InChI is InChI=1S/C14H26O4/c1-3-5-8-16-11-13-14(15)12(7-10-18-13)17-9-6-4-2/h7,10,12-15H,3-6,8-9,11H2,1-2H3. The maximum atomic E-state index is 10.1. The van der Waals surface area contributed by atoms with E-state index in [1.165, 1.54) is 0 Å². The Morgan fingerprint density at radius 1 is 1.17 bits per heavy atom. The van der Waals surface area contributed by atoms with Crippen molar-refractivity contribution in [3.05, 3.63) is 12.3 Å². The first kappa shape index (κ1) is 15.5.